The second kappa shape index (κ2) is 14.1. The third kappa shape index (κ3) is 8.06. The molecule has 0 aliphatic carbocycles. The topological polar surface area (TPSA) is 272 Å². The normalized spacial score (nSPS) is 13.7. The number of nitrogen functional groups attached to an aromatic ring is 2. The molecule has 3 heterocycles. The van der Waals surface area contributed by atoms with Gasteiger partial charge in [-0.1, -0.05) is 21.6 Å². The van der Waals surface area contributed by atoms with E-state index in [-0.39, 0.29) is 24.3 Å². The molecular formula is C24H32N10O5S2. The van der Waals surface area contributed by atoms with Crippen LogP contribution in [0.3, 0.4) is 0 Å². The molecule has 2 atom stereocenters. The first kappa shape index (κ1) is 31.6. The first-order valence-electron chi connectivity index (χ1n) is 12.3. The van der Waals surface area contributed by atoms with Crippen LogP contribution >= 0.6 is 21.6 Å². The smallest absolute Gasteiger partial charge is 0.326 e. The molecule has 0 saturated heterocycles. The van der Waals surface area contributed by atoms with Gasteiger partial charge in [-0.25, -0.2) is 14.8 Å². The van der Waals surface area contributed by atoms with E-state index < -0.39 is 29.9 Å². The van der Waals surface area contributed by atoms with Gasteiger partial charge in [-0.15, -0.1) is 0 Å². The number of carbonyl (C=O) groups excluding carboxylic acids is 1. The van der Waals surface area contributed by atoms with Crippen molar-refractivity contribution >= 4 is 68.1 Å². The lowest BCUT2D eigenvalue weighted by Crippen LogP contribution is -2.41. The van der Waals surface area contributed by atoms with Crippen LogP contribution in [-0.2, 0) is 22.6 Å². The molecule has 2 aromatic heterocycles. The van der Waals surface area contributed by atoms with Gasteiger partial charge in [0.15, 0.2) is 17.0 Å². The largest absolute Gasteiger partial charge is 0.480 e. The number of rotatable bonds is 13. The van der Waals surface area contributed by atoms with Crippen LogP contribution in [0.4, 0.5) is 17.5 Å². The Morgan fingerprint density at radius 2 is 1.78 bits per heavy atom. The van der Waals surface area contributed by atoms with E-state index in [0.29, 0.717) is 59.9 Å². The second-order valence-corrected chi connectivity index (χ2v) is 11.7. The summed E-state index contributed by atoms with van der Waals surface area (Å²) in [7, 11) is 2.83. The van der Waals surface area contributed by atoms with Gasteiger partial charge < -0.3 is 43.8 Å². The molecule has 41 heavy (non-hydrogen) atoms. The molecular weight excluding hydrogens is 572 g/mol. The number of hydrogen-bond donors (Lipinski definition) is 7. The minimum Gasteiger partial charge on any atom is -0.480 e. The number of nitrogens with zero attached hydrogens (tertiary/aromatic N) is 5. The highest BCUT2D eigenvalue weighted by Gasteiger charge is 2.24. The number of nitrogens with one attached hydrogen (secondary N) is 1. The number of nitrogens with two attached hydrogens (primary N) is 3. The van der Waals surface area contributed by atoms with Crippen LogP contribution in [0, 0.1) is 0 Å². The van der Waals surface area contributed by atoms with Crippen molar-refractivity contribution in [3.8, 4) is 0 Å². The number of benzene rings is 1. The molecule has 0 bridgehead atoms. The van der Waals surface area contributed by atoms with Crippen LogP contribution in [0.15, 0.2) is 24.4 Å². The van der Waals surface area contributed by atoms with Crippen molar-refractivity contribution in [1.82, 2.24) is 31.4 Å². The highest BCUT2D eigenvalue weighted by atomic mass is 33.1. The van der Waals surface area contributed by atoms with E-state index in [2.05, 4.69) is 30.2 Å². The van der Waals surface area contributed by atoms with Crippen molar-refractivity contribution in [3.63, 3.8) is 0 Å². The summed E-state index contributed by atoms with van der Waals surface area (Å²) >= 11 is 0. The van der Waals surface area contributed by atoms with E-state index in [1.807, 2.05) is 6.07 Å². The average Bonchev–Trinajstić information content (AvgIpc) is 3.31. The highest BCUT2D eigenvalue weighted by Crippen LogP contribution is 2.30. The standard InChI is InChI=1S/C24H29N9O5S2.H3N/c25-15(22(35)36)4-7-39-40-8-5-16(23(37)38)30-21(34)13-1-2-17-12(9-13)3-6-33(17)11-14-10-28-20-18(29-14)19(26)31-24(27)32-20;/h1-2,9-10,15-16H,3-8,11,25H2,(H,30,34)(H,35,36)(H,37,38)(H4,26,27,28,31,32);1H3. The van der Waals surface area contributed by atoms with Crippen LogP contribution in [0.25, 0.3) is 11.2 Å². The van der Waals surface area contributed by atoms with Crippen molar-refractivity contribution < 1.29 is 24.6 Å². The van der Waals surface area contributed by atoms with Gasteiger partial charge in [0.05, 0.1) is 18.4 Å². The maximum absolute atomic E-state index is 12.9. The van der Waals surface area contributed by atoms with Crippen molar-refractivity contribution in [2.75, 3.05) is 34.4 Å². The fraction of sp³-hybridized carbons (Fsp3) is 0.375. The van der Waals surface area contributed by atoms with Crippen LogP contribution in [-0.4, -0.2) is 78.1 Å². The molecule has 0 radical (unpaired) electrons. The molecule has 1 aliphatic heterocycles. The zero-order valence-corrected chi connectivity index (χ0v) is 23.7. The van der Waals surface area contributed by atoms with E-state index in [4.69, 9.17) is 22.3 Å². The Bertz CT molecular complexity index is 1430. The van der Waals surface area contributed by atoms with Crippen LogP contribution < -0.4 is 33.6 Å². The number of carboxylic acids is 2. The van der Waals surface area contributed by atoms with Gasteiger partial charge in [-0.3, -0.25) is 9.59 Å². The summed E-state index contributed by atoms with van der Waals surface area (Å²) in [6.07, 6.45) is 2.86. The van der Waals surface area contributed by atoms with E-state index in [0.717, 1.165) is 11.3 Å². The lowest BCUT2D eigenvalue weighted by Gasteiger charge is -2.19. The maximum atomic E-state index is 12.9. The monoisotopic (exact) mass is 604 g/mol. The van der Waals surface area contributed by atoms with E-state index in [9.17, 15) is 19.5 Å². The van der Waals surface area contributed by atoms with Gasteiger partial charge in [0.2, 0.25) is 5.95 Å². The SMILES string of the molecule is N.Nc1nc(N)c2nc(CN3CCc4cc(C(=O)NC(CCSSCCC(N)C(=O)O)C(=O)O)ccc43)cnc2n1. The predicted molar refractivity (Wildman–Crippen MR) is 159 cm³/mol. The predicted octanol–water partition coefficient (Wildman–Crippen LogP) is 1.07. The highest BCUT2D eigenvalue weighted by molar-refractivity contribution is 8.76. The van der Waals surface area contributed by atoms with E-state index in [1.165, 1.54) is 21.6 Å². The second-order valence-electron chi connectivity index (χ2n) is 9.05. The van der Waals surface area contributed by atoms with Gasteiger partial charge in [-0.05, 0) is 43.0 Å². The first-order chi connectivity index (χ1) is 19.1. The third-order valence-corrected chi connectivity index (χ3v) is 8.66. The summed E-state index contributed by atoms with van der Waals surface area (Å²) in [5.41, 5.74) is 20.7. The Morgan fingerprint density at radius 3 is 2.49 bits per heavy atom. The Morgan fingerprint density at radius 1 is 1.05 bits per heavy atom. The summed E-state index contributed by atoms with van der Waals surface area (Å²) in [6, 6.07) is 3.32. The maximum Gasteiger partial charge on any atom is 0.326 e. The Balaban J connectivity index is 0.00000462. The molecule has 15 nitrogen and oxygen atoms in total. The zero-order valence-electron chi connectivity index (χ0n) is 22.0. The quantitative estimate of drug-likeness (QED) is 0.106. The van der Waals surface area contributed by atoms with Gasteiger partial charge in [-0.2, -0.15) is 9.97 Å². The lowest BCUT2D eigenvalue weighted by atomic mass is 10.1. The number of hydrogen-bond acceptors (Lipinski definition) is 14. The number of aromatic nitrogens is 4. The van der Waals surface area contributed by atoms with Gasteiger partial charge in [0.25, 0.3) is 5.91 Å². The van der Waals surface area contributed by atoms with Crippen LogP contribution in [0.5, 0.6) is 0 Å². The molecule has 220 valence electrons. The summed E-state index contributed by atoms with van der Waals surface area (Å²) in [5, 5.41) is 21.0. The molecule has 0 fully saturated rings. The molecule has 1 amide bonds. The molecule has 3 aromatic rings. The molecule has 4 rings (SSSR count). The van der Waals surface area contributed by atoms with Crippen molar-refractivity contribution in [2.45, 2.75) is 37.9 Å². The van der Waals surface area contributed by atoms with Crippen LogP contribution in [0.1, 0.15) is 34.5 Å². The number of anilines is 3. The third-order valence-electron chi connectivity index (χ3n) is 6.19. The van der Waals surface area contributed by atoms with E-state index in [1.54, 1.807) is 18.3 Å². The summed E-state index contributed by atoms with van der Waals surface area (Å²) in [5.74, 6) is -1.45. The van der Waals surface area contributed by atoms with E-state index >= 15 is 0 Å². The minimum absolute atomic E-state index is 0. The van der Waals surface area contributed by atoms with Crippen molar-refractivity contribution in [3.05, 3.63) is 41.2 Å². The molecule has 2 unspecified atom stereocenters. The summed E-state index contributed by atoms with van der Waals surface area (Å²) in [4.78, 5) is 54.3. The zero-order chi connectivity index (χ0) is 28.8. The Labute approximate surface area is 243 Å². The molecule has 1 aromatic carbocycles. The number of carboxylic acid groups (broad SMARTS) is 2. The van der Waals surface area contributed by atoms with Crippen molar-refractivity contribution in [1.29, 1.82) is 0 Å². The molecule has 0 spiro atoms. The molecule has 12 N–H and O–H groups in total. The van der Waals surface area contributed by atoms with Crippen molar-refractivity contribution in [2.24, 2.45) is 5.73 Å². The lowest BCUT2D eigenvalue weighted by molar-refractivity contribution is -0.139. The fourth-order valence-electron chi connectivity index (χ4n) is 4.11. The Hall–Kier alpha value is -3.93. The molecule has 1 aliphatic rings. The average molecular weight is 605 g/mol. The molecule has 17 heteroatoms. The first-order valence-corrected chi connectivity index (χ1v) is 14.8. The number of amides is 1. The number of carbonyl (C=O) groups is 3. The Kier molecular flexibility index (Phi) is 10.9. The fourth-order valence-corrected chi connectivity index (χ4v) is 6.31. The van der Waals surface area contributed by atoms with Gasteiger partial charge in [0, 0.05) is 29.3 Å². The van der Waals surface area contributed by atoms with Gasteiger partial charge >= 0.3 is 11.9 Å². The summed E-state index contributed by atoms with van der Waals surface area (Å²) < 4.78 is 0. The summed E-state index contributed by atoms with van der Waals surface area (Å²) in [6.45, 7) is 1.17. The molecule has 0 saturated carbocycles. The van der Waals surface area contributed by atoms with Crippen LogP contribution in [0.2, 0.25) is 0 Å². The minimum atomic E-state index is -1.12. The van der Waals surface area contributed by atoms with Gasteiger partial charge in [0.1, 0.15) is 12.1 Å². The number of fused-ring (bicyclic) bond motifs is 2. The number of aliphatic carboxylic acids is 2.